The summed E-state index contributed by atoms with van der Waals surface area (Å²) in [4.78, 5) is 12.7. The van der Waals surface area contributed by atoms with E-state index < -0.39 is 15.8 Å². The SMILES string of the molecule is COc1ccc(S(=O)(=O)N2CCC(C(=O)Nc3ccc(F)cc3Br)CC2)cc1. The van der Waals surface area contributed by atoms with Gasteiger partial charge in [-0.25, -0.2) is 12.8 Å². The number of nitrogens with zero attached hydrogens (tertiary/aromatic N) is 1. The number of amides is 1. The van der Waals surface area contributed by atoms with Crippen LogP contribution in [0.5, 0.6) is 5.75 Å². The maximum absolute atomic E-state index is 13.2. The van der Waals surface area contributed by atoms with Crippen LogP contribution in [-0.2, 0) is 14.8 Å². The van der Waals surface area contributed by atoms with Gasteiger partial charge in [-0.3, -0.25) is 4.79 Å². The van der Waals surface area contributed by atoms with Crippen molar-refractivity contribution in [2.45, 2.75) is 17.7 Å². The zero-order valence-corrected chi connectivity index (χ0v) is 17.6. The Labute approximate surface area is 171 Å². The van der Waals surface area contributed by atoms with Crippen LogP contribution in [0.3, 0.4) is 0 Å². The maximum Gasteiger partial charge on any atom is 0.243 e. The average molecular weight is 471 g/mol. The largest absolute Gasteiger partial charge is 0.497 e. The first-order valence-electron chi connectivity index (χ1n) is 8.71. The lowest BCUT2D eigenvalue weighted by Crippen LogP contribution is -2.41. The number of sulfonamides is 1. The van der Waals surface area contributed by atoms with E-state index in [0.29, 0.717) is 28.8 Å². The third-order valence-electron chi connectivity index (χ3n) is 4.71. The number of benzene rings is 2. The normalized spacial score (nSPS) is 16.0. The van der Waals surface area contributed by atoms with Gasteiger partial charge in [0.1, 0.15) is 11.6 Å². The van der Waals surface area contributed by atoms with Crippen LogP contribution in [0.15, 0.2) is 51.8 Å². The van der Waals surface area contributed by atoms with E-state index in [2.05, 4.69) is 21.2 Å². The fourth-order valence-corrected chi connectivity index (χ4v) is 5.00. The molecule has 0 atom stereocenters. The zero-order chi connectivity index (χ0) is 20.3. The predicted octanol–water partition coefficient (Wildman–Crippen LogP) is 3.64. The van der Waals surface area contributed by atoms with E-state index in [1.807, 2.05) is 0 Å². The van der Waals surface area contributed by atoms with E-state index in [4.69, 9.17) is 4.74 Å². The molecule has 0 spiro atoms. The second kappa shape index (κ2) is 8.59. The summed E-state index contributed by atoms with van der Waals surface area (Å²) in [5.74, 6) is -0.323. The Kier molecular flexibility index (Phi) is 6.36. The summed E-state index contributed by atoms with van der Waals surface area (Å²) in [5, 5.41) is 2.77. The van der Waals surface area contributed by atoms with E-state index in [1.165, 1.54) is 41.7 Å². The lowest BCUT2D eigenvalue weighted by Gasteiger charge is -2.30. The minimum absolute atomic E-state index is 0.200. The van der Waals surface area contributed by atoms with Crippen LogP contribution in [0.1, 0.15) is 12.8 Å². The lowest BCUT2D eigenvalue weighted by atomic mass is 9.97. The monoisotopic (exact) mass is 470 g/mol. The van der Waals surface area contributed by atoms with Gasteiger partial charge in [0.2, 0.25) is 15.9 Å². The summed E-state index contributed by atoms with van der Waals surface area (Å²) in [7, 11) is -2.09. The first-order valence-corrected chi connectivity index (χ1v) is 10.9. The molecule has 1 aliphatic heterocycles. The molecule has 0 unspecified atom stereocenters. The molecule has 0 bridgehead atoms. The van der Waals surface area contributed by atoms with Crippen molar-refractivity contribution in [2.24, 2.45) is 5.92 Å². The van der Waals surface area contributed by atoms with Gasteiger partial charge in [0.25, 0.3) is 0 Å². The topological polar surface area (TPSA) is 75.7 Å². The molecule has 2 aromatic carbocycles. The Bertz CT molecular complexity index is 958. The third-order valence-corrected chi connectivity index (χ3v) is 7.28. The molecule has 150 valence electrons. The maximum atomic E-state index is 13.2. The van der Waals surface area contributed by atoms with Crippen LogP contribution in [-0.4, -0.2) is 38.8 Å². The van der Waals surface area contributed by atoms with Crippen molar-refractivity contribution in [3.63, 3.8) is 0 Å². The Morgan fingerprint density at radius 3 is 2.39 bits per heavy atom. The van der Waals surface area contributed by atoms with E-state index >= 15 is 0 Å². The number of nitrogens with one attached hydrogen (secondary N) is 1. The highest BCUT2D eigenvalue weighted by atomic mass is 79.9. The summed E-state index contributed by atoms with van der Waals surface area (Å²) in [6.45, 7) is 0.522. The van der Waals surface area contributed by atoms with Crippen molar-refractivity contribution in [2.75, 3.05) is 25.5 Å². The first-order chi connectivity index (χ1) is 13.3. The number of methoxy groups -OCH3 is 1. The molecule has 28 heavy (non-hydrogen) atoms. The molecule has 1 aliphatic rings. The van der Waals surface area contributed by atoms with Gasteiger partial charge >= 0.3 is 0 Å². The summed E-state index contributed by atoms with van der Waals surface area (Å²) in [6.07, 6.45) is 0.833. The van der Waals surface area contributed by atoms with Crippen molar-refractivity contribution >= 4 is 37.5 Å². The molecule has 0 aromatic heterocycles. The second-order valence-electron chi connectivity index (χ2n) is 6.47. The quantitative estimate of drug-likeness (QED) is 0.723. The van der Waals surface area contributed by atoms with E-state index in [-0.39, 0.29) is 29.8 Å². The number of piperidine rings is 1. The number of rotatable bonds is 5. The Morgan fingerprint density at radius 1 is 1.18 bits per heavy atom. The molecular weight excluding hydrogens is 451 g/mol. The molecule has 1 saturated heterocycles. The number of carbonyl (C=O) groups excluding carboxylic acids is 1. The van der Waals surface area contributed by atoms with Crippen molar-refractivity contribution < 1.29 is 22.3 Å². The smallest absolute Gasteiger partial charge is 0.243 e. The number of hydrogen-bond acceptors (Lipinski definition) is 4. The Hall–Kier alpha value is -1.97. The molecular formula is C19H20BrFN2O4S. The summed E-state index contributed by atoms with van der Waals surface area (Å²) < 4.78 is 45.6. The van der Waals surface area contributed by atoms with Crippen molar-refractivity contribution in [3.05, 3.63) is 52.8 Å². The number of ether oxygens (including phenoxy) is 1. The predicted molar refractivity (Wildman–Crippen MR) is 107 cm³/mol. The molecule has 9 heteroatoms. The van der Waals surface area contributed by atoms with Gasteiger partial charge in [-0.1, -0.05) is 0 Å². The summed E-state index contributed by atoms with van der Waals surface area (Å²) in [6, 6.07) is 10.3. The van der Waals surface area contributed by atoms with E-state index in [1.54, 1.807) is 12.1 Å². The van der Waals surface area contributed by atoms with Crippen LogP contribution in [0.4, 0.5) is 10.1 Å². The molecule has 2 aromatic rings. The van der Waals surface area contributed by atoms with Crippen molar-refractivity contribution in [1.29, 1.82) is 0 Å². The van der Waals surface area contributed by atoms with Gasteiger partial charge in [-0.15, -0.1) is 0 Å². The molecule has 1 amide bonds. The number of hydrogen-bond donors (Lipinski definition) is 1. The van der Waals surface area contributed by atoms with Gasteiger partial charge in [0.05, 0.1) is 17.7 Å². The number of carbonyl (C=O) groups is 1. The number of halogens is 2. The number of anilines is 1. The molecule has 1 N–H and O–H groups in total. The van der Waals surface area contributed by atoms with Gasteiger partial charge < -0.3 is 10.1 Å². The first kappa shape index (κ1) is 20.8. The zero-order valence-electron chi connectivity index (χ0n) is 15.2. The second-order valence-corrected chi connectivity index (χ2v) is 9.26. The van der Waals surface area contributed by atoms with E-state index in [9.17, 15) is 17.6 Å². The van der Waals surface area contributed by atoms with Crippen LogP contribution in [0, 0.1) is 11.7 Å². The van der Waals surface area contributed by atoms with Gasteiger partial charge in [-0.05, 0) is 71.2 Å². The molecule has 6 nitrogen and oxygen atoms in total. The van der Waals surface area contributed by atoms with Crippen LogP contribution < -0.4 is 10.1 Å². The third kappa shape index (κ3) is 4.53. The molecule has 0 saturated carbocycles. The van der Waals surface area contributed by atoms with Crippen LogP contribution in [0.2, 0.25) is 0 Å². The lowest BCUT2D eigenvalue weighted by molar-refractivity contribution is -0.120. The van der Waals surface area contributed by atoms with Crippen LogP contribution >= 0.6 is 15.9 Å². The fourth-order valence-electron chi connectivity index (χ4n) is 3.08. The highest BCUT2D eigenvalue weighted by Gasteiger charge is 2.32. The molecule has 0 aliphatic carbocycles. The summed E-state index contributed by atoms with van der Waals surface area (Å²) in [5.41, 5.74) is 0.486. The van der Waals surface area contributed by atoms with Crippen LogP contribution in [0.25, 0.3) is 0 Å². The van der Waals surface area contributed by atoms with Crippen molar-refractivity contribution in [3.8, 4) is 5.75 Å². The fraction of sp³-hybridized carbons (Fsp3) is 0.316. The Balaban J connectivity index is 1.62. The standard InChI is InChI=1S/C19H20BrFN2O4S/c1-27-15-3-5-16(6-4-15)28(25,26)23-10-8-13(9-11-23)19(24)22-18-7-2-14(21)12-17(18)20/h2-7,12-13H,8-11H2,1H3,(H,22,24). The molecule has 1 heterocycles. The molecule has 1 fully saturated rings. The van der Waals surface area contributed by atoms with Gasteiger partial charge in [-0.2, -0.15) is 4.31 Å². The van der Waals surface area contributed by atoms with Gasteiger partial charge in [0.15, 0.2) is 0 Å². The van der Waals surface area contributed by atoms with E-state index in [0.717, 1.165) is 0 Å². The van der Waals surface area contributed by atoms with Crippen molar-refractivity contribution in [1.82, 2.24) is 4.31 Å². The van der Waals surface area contributed by atoms with Gasteiger partial charge in [0, 0.05) is 23.5 Å². The summed E-state index contributed by atoms with van der Waals surface area (Å²) >= 11 is 3.22. The molecule has 0 radical (unpaired) electrons. The molecule has 3 rings (SSSR count). The minimum Gasteiger partial charge on any atom is -0.497 e. The highest BCUT2D eigenvalue weighted by Crippen LogP contribution is 2.28. The Morgan fingerprint density at radius 2 is 1.82 bits per heavy atom. The minimum atomic E-state index is -3.61. The average Bonchev–Trinajstić information content (AvgIpc) is 2.70. The highest BCUT2D eigenvalue weighted by molar-refractivity contribution is 9.10.